The van der Waals surface area contributed by atoms with E-state index in [0.29, 0.717) is 18.7 Å². The number of carbonyl (C=O) groups excluding carboxylic acids is 2. The molecule has 3 rings (SSSR count). The Morgan fingerprint density at radius 2 is 1.78 bits per heavy atom. The summed E-state index contributed by atoms with van der Waals surface area (Å²) in [5, 5.41) is 2.15. The molecule has 0 atom stereocenters. The van der Waals surface area contributed by atoms with Gasteiger partial charge in [0.25, 0.3) is 0 Å². The molecular weight excluding hydrogens is 447 g/mol. The maximum atomic E-state index is 13.1. The van der Waals surface area contributed by atoms with Crippen molar-refractivity contribution in [2.45, 2.75) is 30.8 Å². The van der Waals surface area contributed by atoms with E-state index in [4.69, 9.17) is 0 Å². The molecule has 1 aliphatic heterocycles. The Balaban J connectivity index is 1.75. The van der Waals surface area contributed by atoms with Crippen LogP contribution in [0.4, 0.5) is 24.5 Å². The topological polar surface area (TPSA) is 86.8 Å². The fourth-order valence-corrected chi connectivity index (χ4v) is 4.83. The fourth-order valence-electron chi connectivity index (χ4n) is 3.42. The van der Waals surface area contributed by atoms with Gasteiger partial charge in [-0.15, -0.1) is 0 Å². The van der Waals surface area contributed by atoms with Gasteiger partial charge in [-0.2, -0.15) is 17.5 Å². The summed E-state index contributed by atoms with van der Waals surface area (Å²) in [7, 11) is -4.08. The van der Waals surface area contributed by atoms with Crippen LogP contribution in [0.15, 0.2) is 53.4 Å². The highest BCUT2D eigenvalue weighted by molar-refractivity contribution is 7.89. The van der Waals surface area contributed by atoms with Crippen LogP contribution < -0.4 is 10.2 Å². The van der Waals surface area contributed by atoms with Crippen molar-refractivity contribution in [2.75, 3.05) is 29.9 Å². The van der Waals surface area contributed by atoms with Gasteiger partial charge in [-0.05, 0) is 42.8 Å². The first kappa shape index (κ1) is 23.7. The van der Waals surface area contributed by atoms with Crippen molar-refractivity contribution in [3.05, 3.63) is 54.1 Å². The first-order valence-corrected chi connectivity index (χ1v) is 11.3. The van der Waals surface area contributed by atoms with E-state index in [1.54, 1.807) is 4.90 Å². The number of nitrogens with one attached hydrogen (secondary N) is 1. The second kappa shape index (κ2) is 9.29. The molecule has 1 heterocycles. The number of halogens is 3. The van der Waals surface area contributed by atoms with Gasteiger partial charge in [0.15, 0.2) is 0 Å². The Morgan fingerprint density at radius 1 is 1.12 bits per heavy atom. The van der Waals surface area contributed by atoms with E-state index in [1.165, 1.54) is 43.3 Å². The normalized spacial score (nSPS) is 14.8. The van der Waals surface area contributed by atoms with E-state index >= 15 is 0 Å². The maximum absolute atomic E-state index is 13.1. The third-order valence-electron chi connectivity index (χ3n) is 5.04. The number of alkyl halides is 3. The minimum Gasteiger partial charge on any atom is -0.324 e. The molecule has 0 unspecified atom stereocenters. The number of hydrogen-bond acceptors (Lipinski definition) is 4. The molecule has 0 saturated carbocycles. The predicted octanol–water partition coefficient (Wildman–Crippen LogP) is 3.48. The van der Waals surface area contributed by atoms with Crippen molar-refractivity contribution in [1.82, 2.24) is 4.31 Å². The highest BCUT2D eigenvalue weighted by atomic mass is 32.2. The number of likely N-dealkylation sites (N-methyl/N-ethyl adjacent to an activating group) is 1. The Hall–Kier alpha value is -2.92. The Kier molecular flexibility index (Phi) is 6.89. The van der Waals surface area contributed by atoms with Crippen molar-refractivity contribution < 1.29 is 31.2 Å². The summed E-state index contributed by atoms with van der Waals surface area (Å²) >= 11 is 0. The smallest absolute Gasteiger partial charge is 0.324 e. The summed E-state index contributed by atoms with van der Waals surface area (Å²) in [6.07, 6.45) is -3.50. The average molecular weight is 469 g/mol. The van der Waals surface area contributed by atoms with Crippen molar-refractivity contribution in [2.24, 2.45) is 0 Å². The Labute approximate surface area is 183 Å². The molecule has 0 spiro atoms. The lowest BCUT2D eigenvalue weighted by Crippen LogP contribution is -2.38. The molecule has 2 amide bonds. The molecule has 0 aliphatic carbocycles. The lowest BCUT2D eigenvalue weighted by molar-refractivity contribution is -0.137. The molecule has 1 fully saturated rings. The minimum atomic E-state index is -4.67. The van der Waals surface area contributed by atoms with Gasteiger partial charge in [0, 0.05) is 25.2 Å². The summed E-state index contributed by atoms with van der Waals surface area (Å²) in [4.78, 5) is 25.7. The first-order chi connectivity index (χ1) is 15.0. The molecular formula is C21H22F3N3O4S. The van der Waals surface area contributed by atoms with Crippen LogP contribution in [0.5, 0.6) is 0 Å². The van der Waals surface area contributed by atoms with Crippen molar-refractivity contribution in [1.29, 1.82) is 0 Å². The van der Waals surface area contributed by atoms with Crippen LogP contribution in [-0.4, -0.2) is 44.2 Å². The Morgan fingerprint density at radius 3 is 2.34 bits per heavy atom. The van der Waals surface area contributed by atoms with E-state index in [2.05, 4.69) is 5.32 Å². The monoisotopic (exact) mass is 469 g/mol. The molecule has 0 bridgehead atoms. The van der Waals surface area contributed by atoms with Crippen LogP contribution in [0.3, 0.4) is 0 Å². The predicted molar refractivity (Wildman–Crippen MR) is 113 cm³/mol. The Bertz CT molecular complexity index is 1100. The lowest BCUT2D eigenvalue weighted by Gasteiger charge is -2.21. The molecule has 1 aliphatic rings. The van der Waals surface area contributed by atoms with Gasteiger partial charge in [-0.1, -0.05) is 19.1 Å². The zero-order valence-corrected chi connectivity index (χ0v) is 18.0. The number of rotatable bonds is 7. The quantitative estimate of drug-likeness (QED) is 0.673. The standard InChI is InChI=1S/C21H22F3N3O4S/c1-2-26(14-19(28)25-18-7-4-3-6-17(18)21(22,23)24)32(30,31)16-11-9-15(10-12-16)27-13-5-8-20(27)29/h3-4,6-7,9-12H,2,5,8,13-14H2,1H3,(H,25,28). The van der Waals surface area contributed by atoms with Gasteiger partial charge in [-0.25, -0.2) is 8.42 Å². The number of anilines is 2. The number of hydrogen-bond donors (Lipinski definition) is 1. The van der Waals surface area contributed by atoms with Crippen molar-refractivity contribution in [3.63, 3.8) is 0 Å². The first-order valence-electron chi connectivity index (χ1n) is 9.90. The molecule has 172 valence electrons. The minimum absolute atomic E-state index is 0.0356. The van der Waals surface area contributed by atoms with Crippen LogP contribution in [0.2, 0.25) is 0 Å². The molecule has 1 saturated heterocycles. The highest BCUT2D eigenvalue weighted by Gasteiger charge is 2.34. The molecule has 32 heavy (non-hydrogen) atoms. The third kappa shape index (κ3) is 5.10. The van der Waals surface area contributed by atoms with E-state index in [9.17, 15) is 31.2 Å². The zero-order valence-electron chi connectivity index (χ0n) is 17.2. The zero-order chi connectivity index (χ0) is 23.5. The number of amides is 2. The summed E-state index contributed by atoms with van der Waals surface area (Å²) in [6, 6.07) is 10.2. The van der Waals surface area contributed by atoms with Gasteiger partial charge >= 0.3 is 6.18 Å². The lowest BCUT2D eigenvalue weighted by atomic mass is 10.1. The number of benzene rings is 2. The average Bonchev–Trinajstić information content (AvgIpc) is 3.17. The fraction of sp³-hybridized carbons (Fsp3) is 0.333. The van der Waals surface area contributed by atoms with Gasteiger partial charge < -0.3 is 10.2 Å². The second-order valence-electron chi connectivity index (χ2n) is 7.17. The van der Waals surface area contributed by atoms with E-state index in [-0.39, 0.29) is 17.3 Å². The van der Waals surface area contributed by atoms with Crippen molar-refractivity contribution >= 4 is 33.2 Å². The number of sulfonamides is 1. The molecule has 0 radical (unpaired) electrons. The largest absolute Gasteiger partial charge is 0.418 e. The number of nitrogens with zero attached hydrogens (tertiary/aromatic N) is 2. The van der Waals surface area contributed by atoms with Gasteiger partial charge in [0.2, 0.25) is 21.8 Å². The molecule has 2 aromatic carbocycles. The van der Waals surface area contributed by atoms with E-state index in [1.807, 2.05) is 0 Å². The van der Waals surface area contributed by atoms with Crippen molar-refractivity contribution in [3.8, 4) is 0 Å². The molecule has 11 heteroatoms. The third-order valence-corrected chi connectivity index (χ3v) is 6.97. The molecule has 0 aromatic heterocycles. The molecule has 1 N–H and O–H groups in total. The number of carbonyl (C=O) groups is 2. The van der Waals surface area contributed by atoms with Crippen LogP contribution in [0.25, 0.3) is 0 Å². The number of para-hydroxylation sites is 1. The molecule has 2 aromatic rings. The van der Waals surface area contributed by atoms with Gasteiger partial charge in [0.05, 0.1) is 22.7 Å². The van der Waals surface area contributed by atoms with E-state index in [0.717, 1.165) is 22.9 Å². The SMILES string of the molecule is CCN(CC(=O)Nc1ccccc1C(F)(F)F)S(=O)(=O)c1ccc(N2CCCC2=O)cc1. The van der Waals surface area contributed by atoms with Crippen LogP contribution in [0.1, 0.15) is 25.3 Å². The van der Waals surface area contributed by atoms with Crippen LogP contribution >= 0.6 is 0 Å². The summed E-state index contributed by atoms with van der Waals surface area (Å²) in [5.74, 6) is -0.932. The van der Waals surface area contributed by atoms with E-state index < -0.39 is 39.9 Å². The second-order valence-corrected chi connectivity index (χ2v) is 9.10. The summed E-state index contributed by atoms with van der Waals surface area (Å²) in [5.41, 5.74) is -0.889. The van der Waals surface area contributed by atoms with Crippen LogP contribution in [-0.2, 0) is 25.8 Å². The van der Waals surface area contributed by atoms with Gasteiger partial charge in [0.1, 0.15) is 0 Å². The maximum Gasteiger partial charge on any atom is 0.418 e. The summed E-state index contributed by atoms with van der Waals surface area (Å²) < 4.78 is 66.2. The molecule has 7 nitrogen and oxygen atoms in total. The highest BCUT2D eigenvalue weighted by Crippen LogP contribution is 2.34. The van der Waals surface area contributed by atoms with Crippen LogP contribution in [0, 0.1) is 0 Å². The van der Waals surface area contributed by atoms with Gasteiger partial charge in [-0.3, -0.25) is 9.59 Å². The summed E-state index contributed by atoms with van der Waals surface area (Å²) in [6.45, 7) is 1.36.